The van der Waals surface area contributed by atoms with Crippen LogP contribution in [0.4, 0.5) is 4.39 Å². The first-order valence-corrected chi connectivity index (χ1v) is 5.25. The van der Waals surface area contributed by atoms with Crippen LogP contribution >= 0.6 is 0 Å². The zero-order valence-corrected chi connectivity index (χ0v) is 9.26. The SMILES string of the molecule is CCNCCC(C)(O)c1cccc(F)c1. The predicted octanol–water partition coefficient (Wildman–Crippen LogP) is 2.03. The van der Waals surface area contributed by atoms with Crippen molar-refractivity contribution in [2.45, 2.75) is 25.9 Å². The molecule has 0 radical (unpaired) electrons. The van der Waals surface area contributed by atoms with Crippen LogP contribution in [-0.4, -0.2) is 18.2 Å². The van der Waals surface area contributed by atoms with E-state index in [1.54, 1.807) is 19.1 Å². The smallest absolute Gasteiger partial charge is 0.123 e. The lowest BCUT2D eigenvalue weighted by Crippen LogP contribution is -2.27. The molecule has 1 atom stereocenters. The lowest BCUT2D eigenvalue weighted by Gasteiger charge is -2.24. The van der Waals surface area contributed by atoms with Gasteiger partial charge in [-0.25, -0.2) is 4.39 Å². The Hall–Kier alpha value is -0.930. The molecule has 1 aromatic rings. The molecule has 0 aliphatic carbocycles. The Balaban J connectivity index is 2.67. The second-order valence-corrected chi connectivity index (χ2v) is 3.89. The van der Waals surface area contributed by atoms with E-state index in [2.05, 4.69) is 5.32 Å². The Morgan fingerprint density at radius 3 is 2.80 bits per heavy atom. The van der Waals surface area contributed by atoms with E-state index in [4.69, 9.17) is 0 Å². The summed E-state index contributed by atoms with van der Waals surface area (Å²) < 4.78 is 13.0. The summed E-state index contributed by atoms with van der Waals surface area (Å²) in [5.41, 5.74) is -0.343. The molecule has 0 aromatic heterocycles. The van der Waals surface area contributed by atoms with Gasteiger partial charge in [-0.05, 0) is 44.1 Å². The number of halogens is 1. The highest BCUT2D eigenvalue weighted by molar-refractivity contribution is 5.22. The fourth-order valence-corrected chi connectivity index (χ4v) is 1.48. The van der Waals surface area contributed by atoms with E-state index in [1.807, 2.05) is 6.92 Å². The molecular formula is C12H18FNO. The number of nitrogens with one attached hydrogen (secondary N) is 1. The molecule has 0 heterocycles. The summed E-state index contributed by atoms with van der Waals surface area (Å²) in [5, 5.41) is 13.3. The molecule has 0 spiro atoms. The molecule has 0 fully saturated rings. The summed E-state index contributed by atoms with van der Waals surface area (Å²) in [7, 11) is 0. The first kappa shape index (κ1) is 12.1. The highest BCUT2D eigenvalue weighted by Crippen LogP contribution is 2.24. The number of hydrogen-bond donors (Lipinski definition) is 2. The van der Waals surface area contributed by atoms with Gasteiger partial charge < -0.3 is 10.4 Å². The fourth-order valence-electron chi connectivity index (χ4n) is 1.48. The predicted molar refractivity (Wildman–Crippen MR) is 59.1 cm³/mol. The van der Waals surface area contributed by atoms with Crippen molar-refractivity contribution in [2.24, 2.45) is 0 Å². The van der Waals surface area contributed by atoms with E-state index in [0.717, 1.165) is 13.1 Å². The van der Waals surface area contributed by atoms with Crippen molar-refractivity contribution in [2.75, 3.05) is 13.1 Å². The van der Waals surface area contributed by atoms with Crippen molar-refractivity contribution in [3.05, 3.63) is 35.6 Å². The Bertz CT molecular complexity index is 312. The molecule has 0 aliphatic rings. The summed E-state index contributed by atoms with van der Waals surface area (Å²) in [4.78, 5) is 0. The van der Waals surface area contributed by atoms with E-state index in [9.17, 15) is 9.50 Å². The van der Waals surface area contributed by atoms with Crippen LogP contribution in [-0.2, 0) is 5.60 Å². The monoisotopic (exact) mass is 211 g/mol. The van der Waals surface area contributed by atoms with Crippen molar-refractivity contribution >= 4 is 0 Å². The first-order valence-electron chi connectivity index (χ1n) is 5.25. The molecule has 1 rings (SSSR count). The Kier molecular flexibility index (Phi) is 4.24. The molecule has 2 nitrogen and oxygen atoms in total. The summed E-state index contributed by atoms with van der Waals surface area (Å²) in [6.07, 6.45) is 0.574. The number of benzene rings is 1. The van der Waals surface area contributed by atoms with Gasteiger partial charge in [-0.15, -0.1) is 0 Å². The van der Waals surface area contributed by atoms with Gasteiger partial charge in [-0.3, -0.25) is 0 Å². The molecule has 0 bridgehead atoms. The average molecular weight is 211 g/mol. The Labute approximate surface area is 90.1 Å². The second-order valence-electron chi connectivity index (χ2n) is 3.89. The van der Waals surface area contributed by atoms with E-state index in [0.29, 0.717) is 12.0 Å². The molecule has 3 heteroatoms. The molecule has 2 N–H and O–H groups in total. The van der Waals surface area contributed by atoms with Crippen LogP contribution in [0.1, 0.15) is 25.8 Å². The molecule has 84 valence electrons. The van der Waals surface area contributed by atoms with Crippen LogP contribution in [0.5, 0.6) is 0 Å². The summed E-state index contributed by atoms with van der Waals surface area (Å²) >= 11 is 0. The number of aliphatic hydroxyl groups is 1. The van der Waals surface area contributed by atoms with Crippen LogP contribution in [0.25, 0.3) is 0 Å². The number of rotatable bonds is 5. The van der Waals surface area contributed by atoms with Crippen molar-refractivity contribution in [1.29, 1.82) is 0 Å². The molecular weight excluding hydrogens is 193 g/mol. The highest BCUT2D eigenvalue weighted by atomic mass is 19.1. The van der Waals surface area contributed by atoms with Gasteiger partial charge in [-0.1, -0.05) is 19.1 Å². The van der Waals surface area contributed by atoms with Crippen LogP contribution in [0, 0.1) is 5.82 Å². The largest absolute Gasteiger partial charge is 0.385 e. The van der Waals surface area contributed by atoms with Gasteiger partial charge in [0.05, 0.1) is 5.60 Å². The van der Waals surface area contributed by atoms with E-state index in [1.165, 1.54) is 12.1 Å². The summed E-state index contributed by atoms with van der Waals surface area (Å²) in [5.74, 6) is -0.309. The standard InChI is InChI=1S/C12H18FNO/c1-3-14-8-7-12(2,15)10-5-4-6-11(13)9-10/h4-6,9,14-15H,3,7-8H2,1-2H3. The van der Waals surface area contributed by atoms with E-state index >= 15 is 0 Å². The van der Waals surface area contributed by atoms with Gasteiger partial charge in [0.15, 0.2) is 0 Å². The molecule has 1 aromatic carbocycles. The van der Waals surface area contributed by atoms with Gasteiger partial charge in [-0.2, -0.15) is 0 Å². The zero-order valence-electron chi connectivity index (χ0n) is 9.26. The van der Waals surface area contributed by atoms with Crippen molar-refractivity contribution < 1.29 is 9.50 Å². The summed E-state index contributed by atoms with van der Waals surface area (Å²) in [6, 6.07) is 6.12. The average Bonchev–Trinajstić information content (AvgIpc) is 2.18. The molecule has 0 saturated carbocycles. The zero-order chi connectivity index (χ0) is 11.3. The highest BCUT2D eigenvalue weighted by Gasteiger charge is 2.22. The fraction of sp³-hybridized carbons (Fsp3) is 0.500. The lowest BCUT2D eigenvalue weighted by atomic mass is 9.92. The van der Waals surface area contributed by atoms with Gasteiger partial charge in [0.2, 0.25) is 0 Å². The topological polar surface area (TPSA) is 32.3 Å². The Morgan fingerprint density at radius 1 is 1.47 bits per heavy atom. The molecule has 1 unspecified atom stereocenters. The van der Waals surface area contributed by atoms with Gasteiger partial charge >= 0.3 is 0 Å². The van der Waals surface area contributed by atoms with Crippen LogP contribution in [0.3, 0.4) is 0 Å². The maximum Gasteiger partial charge on any atom is 0.123 e. The summed E-state index contributed by atoms with van der Waals surface area (Å²) in [6.45, 7) is 5.31. The van der Waals surface area contributed by atoms with Gasteiger partial charge in [0.1, 0.15) is 5.82 Å². The third-order valence-corrected chi connectivity index (χ3v) is 2.49. The van der Waals surface area contributed by atoms with Crippen molar-refractivity contribution in [3.8, 4) is 0 Å². The van der Waals surface area contributed by atoms with Crippen LogP contribution in [0.2, 0.25) is 0 Å². The first-order chi connectivity index (χ1) is 7.06. The van der Waals surface area contributed by atoms with E-state index < -0.39 is 5.60 Å². The third kappa shape index (κ3) is 3.61. The molecule has 15 heavy (non-hydrogen) atoms. The van der Waals surface area contributed by atoms with Crippen molar-refractivity contribution in [3.63, 3.8) is 0 Å². The normalized spacial score (nSPS) is 14.9. The van der Waals surface area contributed by atoms with Crippen molar-refractivity contribution in [1.82, 2.24) is 5.32 Å². The lowest BCUT2D eigenvalue weighted by molar-refractivity contribution is 0.0478. The second kappa shape index (κ2) is 5.24. The molecule has 0 amide bonds. The molecule has 0 aliphatic heterocycles. The third-order valence-electron chi connectivity index (χ3n) is 2.49. The van der Waals surface area contributed by atoms with Gasteiger partial charge in [0.25, 0.3) is 0 Å². The van der Waals surface area contributed by atoms with Crippen LogP contribution < -0.4 is 5.32 Å². The number of hydrogen-bond acceptors (Lipinski definition) is 2. The minimum absolute atomic E-state index is 0.309. The van der Waals surface area contributed by atoms with E-state index in [-0.39, 0.29) is 5.82 Å². The Morgan fingerprint density at radius 2 is 2.20 bits per heavy atom. The maximum atomic E-state index is 13.0. The minimum atomic E-state index is -0.968. The molecule has 0 saturated heterocycles. The maximum absolute atomic E-state index is 13.0. The van der Waals surface area contributed by atoms with Gasteiger partial charge in [0, 0.05) is 0 Å². The minimum Gasteiger partial charge on any atom is -0.385 e. The quantitative estimate of drug-likeness (QED) is 0.730. The van der Waals surface area contributed by atoms with Crippen LogP contribution in [0.15, 0.2) is 24.3 Å².